The predicted molar refractivity (Wildman–Crippen MR) is 110 cm³/mol. The van der Waals surface area contributed by atoms with Gasteiger partial charge in [-0.1, -0.05) is 11.3 Å². The number of methoxy groups -OCH3 is 2. The number of aromatic nitrogens is 1. The van der Waals surface area contributed by atoms with Crippen molar-refractivity contribution in [3.05, 3.63) is 42.0 Å². The van der Waals surface area contributed by atoms with E-state index in [1.54, 1.807) is 49.8 Å². The van der Waals surface area contributed by atoms with Gasteiger partial charge in [-0.2, -0.15) is 0 Å². The van der Waals surface area contributed by atoms with Gasteiger partial charge in [0.1, 0.15) is 11.5 Å². The number of carbonyl (C=O) groups excluding carboxylic acids is 1. The second-order valence-corrected chi connectivity index (χ2v) is 7.31. The number of thiazole rings is 1. The van der Waals surface area contributed by atoms with Gasteiger partial charge < -0.3 is 24.4 Å². The fraction of sp³-hybridized carbons (Fsp3) is 0.300. The summed E-state index contributed by atoms with van der Waals surface area (Å²) < 4.78 is 16.9. The van der Waals surface area contributed by atoms with E-state index in [1.807, 2.05) is 12.1 Å². The van der Waals surface area contributed by atoms with Crippen molar-refractivity contribution in [2.75, 3.05) is 50.7 Å². The van der Waals surface area contributed by atoms with E-state index in [-0.39, 0.29) is 5.91 Å². The zero-order valence-electron chi connectivity index (χ0n) is 15.7. The molecule has 1 saturated heterocycles. The second kappa shape index (κ2) is 8.04. The Hall–Kier alpha value is -2.84. The lowest BCUT2D eigenvalue weighted by Crippen LogP contribution is -2.36. The highest BCUT2D eigenvalue weighted by molar-refractivity contribution is 7.22. The molecule has 0 spiro atoms. The summed E-state index contributed by atoms with van der Waals surface area (Å²) in [5, 5.41) is 3.86. The Kier molecular flexibility index (Phi) is 5.31. The van der Waals surface area contributed by atoms with Crippen LogP contribution in [0.5, 0.6) is 11.5 Å². The third-order valence-electron chi connectivity index (χ3n) is 4.58. The van der Waals surface area contributed by atoms with Gasteiger partial charge in [0.05, 0.1) is 43.3 Å². The molecule has 1 N–H and O–H groups in total. The molecule has 0 atom stereocenters. The molecule has 146 valence electrons. The molecule has 0 radical (unpaired) electrons. The van der Waals surface area contributed by atoms with Crippen LogP contribution in [0.1, 0.15) is 10.4 Å². The summed E-state index contributed by atoms with van der Waals surface area (Å²) in [6.07, 6.45) is 0. The summed E-state index contributed by atoms with van der Waals surface area (Å²) in [6.45, 7) is 3.10. The maximum Gasteiger partial charge on any atom is 0.255 e. The van der Waals surface area contributed by atoms with E-state index < -0.39 is 0 Å². The molecule has 0 unspecified atom stereocenters. The molecule has 2 heterocycles. The highest BCUT2D eigenvalue weighted by Gasteiger charge is 2.17. The van der Waals surface area contributed by atoms with E-state index in [4.69, 9.17) is 19.2 Å². The number of morpholine rings is 1. The van der Waals surface area contributed by atoms with Crippen molar-refractivity contribution in [3.8, 4) is 11.5 Å². The largest absolute Gasteiger partial charge is 0.497 e. The van der Waals surface area contributed by atoms with Crippen LogP contribution in [0.25, 0.3) is 10.2 Å². The van der Waals surface area contributed by atoms with Crippen LogP contribution in [0, 0.1) is 0 Å². The molecule has 0 aliphatic carbocycles. The molecule has 0 saturated carbocycles. The first kappa shape index (κ1) is 18.5. The van der Waals surface area contributed by atoms with E-state index in [0.717, 1.165) is 28.4 Å². The van der Waals surface area contributed by atoms with Crippen LogP contribution in [-0.2, 0) is 4.74 Å². The van der Waals surface area contributed by atoms with Crippen LogP contribution in [0.15, 0.2) is 36.4 Å². The van der Waals surface area contributed by atoms with Crippen LogP contribution in [0.3, 0.4) is 0 Å². The van der Waals surface area contributed by atoms with E-state index in [9.17, 15) is 4.79 Å². The molecular weight excluding hydrogens is 378 g/mol. The summed E-state index contributed by atoms with van der Waals surface area (Å²) in [5.74, 6) is 1.00. The van der Waals surface area contributed by atoms with Crippen molar-refractivity contribution in [3.63, 3.8) is 0 Å². The van der Waals surface area contributed by atoms with Crippen LogP contribution in [0.2, 0.25) is 0 Å². The number of ether oxygens (including phenoxy) is 3. The molecule has 8 heteroatoms. The fourth-order valence-electron chi connectivity index (χ4n) is 3.05. The Balaban J connectivity index is 1.57. The maximum absolute atomic E-state index is 12.8. The molecule has 1 aliphatic heterocycles. The van der Waals surface area contributed by atoms with Crippen molar-refractivity contribution in [2.45, 2.75) is 0 Å². The van der Waals surface area contributed by atoms with Crippen molar-refractivity contribution >= 4 is 38.3 Å². The highest BCUT2D eigenvalue weighted by Crippen LogP contribution is 2.32. The molecule has 2 aromatic carbocycles. The van der Waals surface area contributed by atoms with Gasteiger partial charge in [0, 0.05) is 24.7 Å². The lowest BCUT2D eigenvalue weighted by molar-refractivity contribution is 0.102. The number of nitrogens with one attached hydrogen (secondary N) is 1. The molecular formula is C20H21N3O4S. The normalized spacial score (nSPS) is 14.1. The first-order valence-corrected chi connectivity index (χ1v) is 9.76. The average Bonchev–Trinajstić information content (AvgIpc) is 3.17. The SMILES string of the molecule is COc1ccc(OC)c(NC(=O)c2ccc3nc(N4CCOCC4)sc3c2)c1. The number of fused-ring (bicyclic) bond motifs is 1. The van der Waals surface area contributed by atoms with Gasteiger partial charge in [0.15, 0.2) is 5.13 Å². The quantitative estimate of drug-likeness (QED) is 0.709. The Morgan fingerprint density at radius 3 is 2.71 bits per heavy atom. The number of carbonyl (C=O) groups is 1. The molecule has 0 bridgehead atoms. The molecule has 28 heavy (non-hydrogen) atoms. The summed E-state index contributed by atoms with van der Waals surface area (Å²) in [6, 6.07) is 10.8. The molecule has 1 amide bonds. The maximum atomic E-state index is 12.8. The lowest BCUT2D eigenvalue weighted by Gasteiger charge is -2.25. The number of rotatable bonds is 5. The first-order valence-electron chi connectivity index (χ1n) is 8.94. The molecule has 4 rings (SSSR count). The van der Waals surface area contributed by atoms with Crippen LogP contribution >= 0.6 is 11.3 Å². The minimum Gasteiger partial charge on any atom is -0.497 e. The average molecular weight is 399 g/mol. The number of benzene rings is 2. The predicted octanol–water partition coefficient (Wildman–Crippen LogP) is 3.40. The Morgan fingerprint density at radius 2 is 1.96 bits per heavy atom. The highest BCUT2D eigenvalue weighted by atomic mass is 32.1. The van der Waals surface area contributed by atoms with Crippen molar-refractivity contribution in [1.29, 1.82) is 0 Å². The van der Waals surface area contributed by atoms with Gasteiger partial charge in [-0.3, -0.25) is 4.79 Å². The second-order valence-electron chi connectivity index (χ2n) is 6.30. The smallest absolute Gasteiger partial charge is 0.255 e. The molecule has 3 aromatic rings. The van der Waals surface area contributed by atoms with Gasteiger partial charge in [0.25, 0.3) is 5.91 Å². The van der Waals surface area contributed by atoms with E-state index in [2.05, 4.69) is 10.2 Å². The van der Waals surface area contributed by atoms with Gasteiger partial charge >= 0.3 is 0 Å². The summed E-state index contributed by atoms with van der Waals surface area (Å²) >= 11 is 1.59. The monoisotopic (exact) mass is 399 g/mol. The summed E-state index contributed by atoms with van der Waals surface area (Å²) in [7, 11) is 3.14. The Labute approximate surface area is 166 Å². The van der Waals surface area contributed by atoms with Gasteiger partial charge in [-0.25, -0.2) is 4.98 Å². The number of nitrogens with zero attached hydrogens (tertiary/aromatic N) is 2. The van der Waals surface area contributed by atoms with Crippen molar-refractivity contribution in [1.82, 2.24) is 4.98 Å². The summed E-state index contributed by atoms with van der Waals surface area (Å²) in [4.78, 5) is 19.7. The third-order valence-corrected chi connectivity index (χ3v) is 5.65. The van der Waals surface area contributed by atoms with Crippen molar-refractivity contribution in [2.24, 2.45) is 0 Å². The molecule has 1 fully saturated rings. The van der Waals surface area contributed by atoms with Gasteiger partial charge in [-0.15, -0.1) is 0 Å². The minimum absolute atomic E-state index is 0.213. The van der Waals surface area contributed by atoms with E-state index >= 15 is 0 Å². The topological polar surface area (TPSA) is 72.9 Å². The third kappa shape index (κ3) is 3.74. The van der Waals surface area contributed by atoms with E-state index in [0.29, 0.717) is 36.0 Å². The van der Waals surface area contributed by atoms with Crippen molar-refractivity contribution < 1.29 is 19.0 Å². The number of amides is 1. The Morgan fingerprint density at radius 1 is 1.14 bits per heavy atom. The number of hydrogen-bond donors (Lipinski definition) is 1. The lowest BCUT2D eigenvalue weighted by atomic mass is 10.2. The molecule has 1 aromatic heterocycles. The fourth-order valence-corrected chi connectivity index (χ4v) is 4.11. The first-order chi connectivity index (χ1) is 13.7. The zero-order chi connectivity index (χ0) is 19.5. The van der Waals surface area contributed by atoms with E-state index in [1.165, 1.54) is 0 Å². The molecule has 1 aliphatic rings. The minimum atomic E-state index is -0.213. The molecule has 7 nitrogen and oxygen atoms in total. The van der Waals surface area contributed by atoms with Crippen LogP contribution in [-0.4, -0.2) is 51.4 Å². The van der Waals surface area contributed by atoms with Gasteiger partial charge in [-0.05, 0) is 30.3 Å². The summed E-state index contributed by atoms with van der Waals surface area (Å²) in [5.41, 5.74) is 2.02. The Bertz CT molecular complexity index is 998. The van der Waals surface area contributed by atoms with Gasteiger partial charge in [0.2, 0.25) is 0 Å². The standard InChI is InChI=1S/C20H21N3O4S/c1-25-14-4-6-17(26-2)16(12-14)21-19(24)13-3-5-15-18(11-13)28-20(22-15)23-7-9-27-10-8-23/h3-6,11-12H,7-10H2,1-2H3,(H,21,24). The van der Waals surface area contributed by atoms with Crippen LogP contribution < -0.4 is 19.7 Å². The van der Waals surface area contributed by atoms with Crippen LogP contribution in [0.4, 0.5) is 10.8 Å². The number of hydrogen-bond acceptors (Lipinski definition) is 7. The zero-order valence-corrected chi connectivity index (χ0v) is 16.5. The number of anilines is 2.